The number of amides is 1. The lowest BCUT2D eigenvalue weighted by atomic mass is 10.2. The highest BCUT2D eigenvalue weighted by atomic mass is 79.9. The molecule has 0 spiro atoms. The minimum atomic E-state index is -2.99. The van der Waals surface area contributed by atoms with Gasteiger partial charge in [0.05, 0.1) is 28.5 Å². The highest BCUT2D eigenvalue weighted by Crippen LogP contribution is 2.34. The molecule has 25 heavy (non-hydrogen) atoms. The molecule has 1 saturated carbocycles. The lowest BCUT2D eigenvalue weighted by molar-refractivity contribution is -0.133. The summed E-state index contributed by atoms with van der Waals surface area (Å²) in [5.74, 6) is 0.317. The van der Waals surface area contributed by atoms with Crippen LogP contribution in [-0.4, -0.2) is 47.8 Å². The number of aromatic nitrogens is 1. The molecule has 2 aromatic rings. The molecule has 2 aromatic heterocycles. The second-order valence-electron chi connectivity index (χ2n) is 6.54. The molecule has 2 aliphatic rings. The van der Waals surface area contributed by atoms with Crippen molar-refractivity contribution in [1.29, 1.82) is 0 Å². The van der Waals surface area contributed by atoms with E-state index in [4.69, 9.17) is 0 Å². The van der Waals surface area contributed by atoms with E-state index >= 15 is 0 Å². The van der Waals surface area contributed by atoms with Crippen molar-refractivity contribution in [1.82, 2.24) is 9.88 Å². The van der Waals surface area contributed by atoms with Gasteiger partial charge in [-0.05, 0) is 41.3 Å². The van der Waals surface area contributed by atoms with Gasteiger partial charge in [-0.2, -0.15) is 0 Å². The Bertz CT molecular complexity index is 901. The Morgan fingerprint density at radius 3 is 2.64 bits per heavy atom. The maximum atomic E-state index is 12.8. The van der Waals surface area contributed by atoms with Gasteiger partial charge in [0.1, 0.15) is 5.01 Å². The largest absolute Gasteiger partial charge is 0.335 e. The second-order valence-corrected chi connectivity index (χ2v) is 11.5. The van der Waals surface area contributed by atoms with Crippen LogP contribution in [0.15, 0.2) is 21.3 Å². The Hall–Kier alpha value is -0.770. The van der Waals surface area contributed by atoms with Crippen molar-refractivity contribution in [2.24, 2.45) is 0 Å². The minimum Gasteiger partial charge on any atom is -0.335 e. The summed E-state index contributed by atoms with van der Waals surface area (Å²) in [6.45, 7) is 0. The number of thiazole rings is 1. The summed E-state index contributed by atoms with van der Waals surface area (Å²) in [7, 11) is -2.99. The standard InChI is InChI=1S/C16H17BrN2O3S3/c17-10-5-14(23-7-10)16-18-11(8-24-16)6-15(20)19(12-1-2-12)13-3-4-25(21,22)9-13/h5,7-8,12-13H,1-4,6,9H2. The fourth-order valence-electron chi connectivity index (χ4n) is 3.23. The lowest BCUT2D eigenvalue weighted by Crippen LogP contribution is -2.43. The molecular weight excluding hydrogens is 444 g/mol. The molecule has 134 valence electrons. The summed E-state index contributed by atoms with van der Waals surface area (Å²) in [5.41, 5.74) is 0.765. The van der Waals surface area contributed by atoms with E-state index in [-0.39, 0.29) is 35.9 Å². The Kier molecular flexibility index (Phi) is 4.76. The molecule has 2 fully saturated rings. The number of thiophene rings is 1. The van der Waals surface area contributed by atoms with Crippen molar-refractivity contribution in [3.05, 3.63) is 27.0 Å². The highest BCUT2D eigenvalue weighted by molar-refractivity contribution is 9.10. The van der Waals surface area contributed by atoms with Gasteiger partial charge in [-0.25, -0.2) is 13.4 Å². The van der Waals surface area contributed by atoms with Crippen LogP contribution in [0.1, 0.15) is 25.0 Å². The topological polar surface area (TPSA) is 67.3 Å². The molecule has 1 amide bonds. The maximum Gasteiger partial charge on any atom is 0.229 e. The van der Waals surface area contributed by atoms with Crippen molar-refractivity contribution in [2.75, 3.05) is 11.5 Å². The predicted molar refractivity (Wildman–Crippen MR) is 104 cm³/mol. The molecule has 9 heteroatoms. The Balaban J connectivity index is 1.48. The summed E-state index contributed by atoms with van der Waals surface area (Å²) in [6, 6.07) is 2.09. The van der Waals surface area contributed by atoms with Crippen LogP contribution in [0, 0.1) is 0 Å². The van der Waals surface area contributed by atoms with E-state index in [1.54, 1.807) is 11.3 Å². The van der Waals surface area contributed by atoms with Gasteiger partial charge < -0.3 is 4.90 Å². The molecule has 0 aromatic carbocycles. The quantitative estimate of drug-likeness (QED) is 0.685. The van der Waals surface area contributed by atoms with Crippen molar-refractivity contribution in [3.63, 3.8) is 0 Å². The fourth-order valence-corrected chi connectivity index (χ4v) is 7.26. The molecule has 1 aliphatic carbocycles. The molecule has 0 radical (unpaired) electrons. The first-order chi connectivity index (χ1) is 11.9. The Morgan fingerprint density at radius 1 is 1.24 bits per heavy atom. The number of nitrogens with zero attached hydrogens (tertiary/aromatic N) is 2. The van der Waals surface area contributed by atoms with Gasteiger partial charge in [0.2, 0.25) is 5.91 Å². The molecule has 0 bridgehead atoms. The molecule has 5 nitrogen and oxygen atoms in total. The van der Waals surface area contributed by atoms with Crippen LogP contribution in [0.25, 0.3) is 9.88 Å². The maximum absolute atomic E-state index is 12.8. The second kappa shape index (κ2) is 6.75. The van der Waals surface area contributed by atoms with Crippen molar-refractivity contribution in [3.8, 4) is 9.88 Å². The van der Waals surface area contributed by atoms with E-state index in [9.17, 15) is 13.2 Å². The average Bonchev–Trinajstić information content (AvgIpc) is 2.92. The summed E-state index contributed by atoms with van der Waals surface area (Å²) in [6.07, 6.45) is 2.77. The van der Waals surface area contributed by atoms with Crippen LogP contribution >= 0.6 is 38.6 Å². The third-order valence-corrected chi connectivity index (χ3v) is 8.99. The van der Waals surface area contributed by atoms with Gasteiger partial charge in [-0.15, -0.1) is 22.7 Å². The zero-order valence-electron chi connectivity index (χ0n) is 13.4. The normalized spacial score (nSPS) is 22.2. The van der Waals surface area contributed by atoms with E-state index in [2.05, 4.69) is 20.9 Å². The van der Waals surface area contributed by atoms with Crippen molar-refractivity contribution < 1.29 is 13.2 Å². The SMILES string of the molecule is O=C(Cc1csc(-c2cc(Br)cs2)n1)N(C1CC1)C1CCS(=O)(=O)C1. The van der Waals surface area contributed by atoms with Crippen LogP contribution in [-0.2, 0) is 21.1 Å². The Morgan fingerprint density at radius 2 is 2.04 bits per heavy atom. The smallest absolute Gasteiger partial charge is 0.229 e. The molecule has 1 unspecified atom stereocenters. The fraction of sp³-hybridized carbons (Fsp3) is 0.500. The van der Waals surface area contributed by atoms with E-state index in [1.165, 1.54) is 11.3 Å². The van der Waals surface area contributed by atoms with Crippen LogP contribution in [0.5, 0.6) is 0 Å². The third kappa shape index (κ3) is 3.99. The number of sulfone groups is 1. The number of rotatable bonds is 5. The number of carbonyl (C=O) groups is 1. The van der Waals surface area contributed by atoms with Crippen molar-refractivity contribution >= 4 is 54.3 Å². The molecule has 1 atom stereocenters. The van der Waals surface area contributed by atoms with Crippen LogP contribution < -0.4 is 0 Å². The number of halogens is 1. The monoisotopic (exact) mass is 460 g/mol. The van der Waals surface area contributed by atoms with E-state index < -0.39 is 9.84 Å². The zero-order chi connectivity index (χ0) is 17.6. The van der Waals surface area contributed by atoms with Crippen LogP contribution in [0.4, 0.5) is 0 Å². The van der Waals surface area contributed by atoms with Crippen molar-refractivity contribution in [2.45, 2.75) is 37.8 Å². The first-order valence-corrected chi connectivity index (χ1v) is 12.5. The highest BCUT2D eigenvalue weighted by Gasteiger charge is 2.42. The molecule has 3 heterocycles. The first kappa shape index (κ1) is 17.6. The molecular formula is C16H17BrN2O3S3. The number of carbonyl (C=O) groups excluding carboxylic acids is 1. The van der Waals surface area contributed by atoms with Gasteiger partial charge in [-0.1, -0.05) is 0 Å². The number of hydrogen-bond donors (Lipinski definition) is 0. The minimum absolute atomic E-state index is 0.00816. The molecule has 1 saturated heterocycles. The summed E-state index contributed by atoms with van der Waals surface area (Å²) in [4.78, 5) is 20.3. The van der Waals surface area contributed by atoms with Gasteiger partial charge in [0.15, 0.2) is 9.84 Å². The lowest BCUT2D eigenvalue weighted by Gasteiger charge is -2.28. The summed E-state index contributed by atoms with van der Waals surface area (Å²) < 4.78 is 24.6. The third-order valence-electron chi connectivity index (χ3n) is 4.49. The van der Waals surface area contributed by atoms with Crippen LogP contribution in [0.3, 0.4) is 0 Å². The zero-order valence-corrected chi connectivity index (χ0v) is 17.4. The van der Waals surface area contributed by atoms with Gasteiger partial charge in [-0.3, -0.25) is 4.79 Å². The van der Waals surface area contributed by atoms with Gasteiger partial charge in [0.25, 0.3) is 0 Å². The average molecular weight is 461 g/mol. The van der Waals surface area contributed by atoms with Crippen LogP contribution in [0.2, 0.25) is 0 Å². The number of hydrogen-bond acceptors (Lipinski definition) is 6. The summed E-state index contributed by atoms with van der Waals surface area (Å²) in [5, 5.41) is 4.86. The molecule has 0 N–H and O–H groups in total. The first-order valence-electron chi connectivity index (χ1n) is 8.12. The molecule has 1 aliphatic heterocycles. The van der Waals surface area contributed by atoms with E-state index in [1.807, 2.05) is 21.7 Å². The Labute approximate surface area is 163 Å². The van der Waals surface area contributed by atoms with Gasteiger partial charge >= 0.3 is 0 Å². The van der Waals surface area contributed by atoms with E-state index in [0.29, 0.717) is 6.42 Å². The summed E-state index contributed by atoms with van der Waals surface area (Å²) >= 11 is 6.60. The van der Waals surface area contributed by atoms with E-state index in [0.717, 1.165) is 32.9 Å². The van der Waals surface area contributed by atoms with Gasteiger partial charge in [0, 0.05) is 27.3 Å². The predicted octanol–water partition coefficient (Wildman–Crippen LogP) is 3.35. The molecule has 4 rings (SSSR count).